The van der Waals surface area contributed by atoms with Crippen molar-refractivity contribution in [3.05, 3.63) is 35.9 Å². The maximum Gasteiger partial charge on any atom is 0.307 e. The summed E-state index contributed by atoms with van der Waals surface area (Å²) in [7, 11) is 0. The van der Waals surface area contributed by atoms with E-state index in [0.717, 1.165) is 18.1 Å². The number of nitrogens with zero attached hydrogens (tertiary/aromatic N) is 1. The SMILES string of the molecule is O=C(CCN1OC[C@@H]2CC[C@@H]3CCCC[C@]321)OCc1ccccc1. The molecular formula is C20H27NO3. The van der Waals surface area contributed by atoms with Crippen LogP contribution < -0.4 is 0 Å². The van der Waals surface area contributed by atoms with Crippen LogP contribution in [0.25, 0.3) is 0 Å². The Labute approximate surface area is 144 Å². The van der Waals surface area contributed by atoms with Crippen LogP contribution in [-0.2, 0) is 21.0 Å². The second-order valence-corrected chi connectivity index (χ2v) is 7.50. The average Bonchev–Trinajstić information content (AvgIpc) is 3.15. The highest BCUT2D eigenvalue weighted by molar-refractivity contribution is 5.69. The summed E-state index contributed by atoms with van der Waals surface area (Å²) in [5.41, 5.74) is 1.25. The molecule has 0 bridgehead atoms. The fraction of sp³-hybridized carbons (Fsp3) is 0.650. The van der Waals surface area contributed by atoms with Gasteiger partial charge in [0.1, 0.15) is 6.61 Å². The largest absolute Gasteiger partial charge is 0.461 e. The zero-order valence-corrected chi connectivity index (χ0v) is 14.3. The van der Waals surface area contributed by atoms with Crippen LogP contribution in [0.15, 0.2) is 30.3 Å². The first-order valence-corrected chi connectivity index (χ1v) is 9.39. The van der Waals surface area contributed by atoms with Crippen molar-refractivity contribution < 1.29 is 14.4 Å². The van der Waals surface area contributed by atoms with Gasteiger partial charge in [0.05, 0.1) is 18.6 Å². The zero-order valence-electron chi connectivity index (χ0n) is 14.3. The summed E-state index contributed by atoms with van der Waals surface area (Å²) >= 11 is 0. The quantitative estimate of drug-likeness (QED) is 0.772. The molecule has 4 heteroatoms. The Morgan fingerprint density at radius 1 is 1.17 bits per heavy atom. The van der Waals surface area contributed by atoms with Gasteiger partial charge in [-0.1, -0.05) is 43.2 Å². The van der Waals surface area contributed by atoms with E-state index in [1.165, 1.54) is 38.5 Å². The molecule has 1 aromatic rings. The van der Waals surface area contributed by atoms with Crippen LogP contribution in [0.1, 0.15) is 50.5 Å². The molecule has 0 amide bonds. The summed E-state index contributed by atoms with van der Waals surface area (Å²) in [5, 5.41) is 2.18. The van der Waals surface area contributed by atoms with Crippen molar-refractivity contribution >= 4 is 5.97 Å². The first kappa shape index (κ1) is 16.1. The van der Waals surface area contributed by atoms with E-state index in [4.69, 9.17) is 9.57 Å². The highest BCUT2D eigenvalue weighted by Gasteiger charge is 2.58. The molecule has 2 saturated carbocycles. The smallest absolute Gasteiger partial charge is 0.307 e. The number of esters is 1. The molecule has 24 heavy (non-hydrogen) atoms. The van der Waals surface area contributed by atoms with Gasteiger partial charge in [0, 0.05) is 12.5 Å². The molecule has 1 heterocycles. The summed E-state index contributed by atoms with van der Waals surface area (Å²) < 4.78 is 5.41. The lowest BCUT2D eigenvalue weighted by molar-refractivity contribution is -0.188. The monoisotopic (exact) mass is 329 g/mol. The number of carbonyl (C=O) groups excluding carboxylic acids is 1. The lowest BCUT2D eigenvalue weighted by Gasteiger charge is -2.44. The van der Waals surface area contributed by atoms with Crippen LogP contribution in [0.3, 0.4) is 0 Å². The van der Waals surface area contributed by atoms with Gasteiger partial charge < -0.3 is 4.74 Å². The Balaban J connectivity index is 1.31. The highest BCUT2D eigenvalue weighted by Crippen LogP contribution is 2.55. The van der Waals surface area contributed by atoms with Gasteiger partial charge in [0.25, 0.3) is 0 Å². The third-order valence-electron chi connectivity index (χ3n) is 6.31. The Morgan fingerprint density at radius 2 is 2.00 bits per heavy atom. The maximum absolute atomic E-state index is 12.1. The second-order valence-electron chi connectivity index (χ2n) is 7.50. The van der Waals surface area contributed by atoms with E-state index in [1.54, 1.807) is 0 Å². The van der Waals surface area contributed by atoms with Crippen LogP contribution in [0.2, 0.25) is 0 Å². The summed E-state index contributed by atoms with van der Waals surface area (Å²) in [6.45, 7) is 1.87. The Kier molecular flexibility index (Phi) is 4.59. The maximum atomic E-state index is 12.1. The molecule has 130 valence electrons. The van der Waals surface area contributed by atoms with Crippen LogP contribution in [0, 0.1) is 11.8 Å². The number of benzene rings is 1. The molecule has 3 aliphatic rings. The van der Waals surface area contributed by atoms with Crippen LogP contribution in [0.5, 0.6) is 0 Å². The van der Waals surface area contributed by atoms with Gasteiger partial charge in [-0.25, -0.2) is 0 Å². The minimum absolute atomic E-state index is 0.132. The second kappa shape index (κ2) is 6.85. The Hall–Kier alpha value is -1.39. The summed E-state index contributed by atoms with van der Waals surface area (Å²) in [6.07, 6.45) is 8.25. The van der Waals surface area contributed by atoms with Crippen molar-refractivity contribution in [1.82, 2.24) is 5.06 Å². The fourth-order valence-corrected chi connectivity index (χ4v) is 5.17. The van der Waals surface area contributed by atoms with Gasteiger partial charge >= 0.3 is 5.97 Å². The number of hydroxylamine groups is 2. The van der Waals surface area contributed by atoms with Gasteiger partial charge in [-0.15, -0.1) is 0 Å². The van der Waals surface area contributed by atoms with Crippen molar-refractivity contribution in [2.45, 2.75) is 57.1 Å². The molecule has 3 atom stereocenters. The van der Waals surface area contributed by atoms with Crippen molar-refractivity contribution in [2.24, 2.45) is 11.8 Å². The molecule has 1 aliphatic heterocycles. The van der Waals surface area contributed by atoms with Crippen molar-refractivity contribution in [3.8, 4) is 0 Å². The molecule has 0 radical (unpaired) electrons. The van der Waals surface area contributed by atoms with E-state index < -0.39 is 0 Å². The summed E-state index contributed by atoms with van der Waals surface area (Å²) in [4.78, 5) is 18.1. The third kappa shape index (κ3) is 2.86. The van der Waals surface area contributed by atoms with Crippen molar-refractivity contribution in [1.29, 1.82) is 0 Å². The Morgan fingerprint density at radius 3 is 2.88 bits per heavy atom. The van der Waals surface area contributed by atoms with E-state index in [1.807, 2.05) is 30.3 Å². The van der Waals surface area contributed by atoms with E-state index in [9.17, 15) is 4.79 Å². The average molecular weight is 329 g/mol. The molecule has 1 saturated heterocycles. The van der Waals surface area contributed by atoms with Gasteiger partial charge in [0.15, 0.2) is 0 Å². The van der Waals surface area contributed by atoms with Gasteiger partial charge in [-0.2, -0.15) is 5.06 Å². The van der Waals surface area contributed by atoms with E-state index in [0.29, 0.717) is 25.5 Å². The van der Waals surface area contributed by atoms with Gasteiger partial charge in [-0.05, 0) is 37.2 Å². The summed E-state index contributed by atoms with van der Waals surface area (Å²) in [6, 6.07) is 9.85. The predicted molar refractivity (Wildman–Crippen MR) is 90.9 cm³/mol. The minimum Gasteiger partial charge on any atom is -0.461 e. The molecule has 1 spiro atoms. The zero-order chi connectivity index (χ0) is 16.4. The first-order valence-electron chi connectivity index (χ1n) is 9.39. The fourth-order valence-electron chi connectivity index (χ4n) is 5.17. The molecule has 4 nitrogen and oxygen atoms in total. The molecule has 0 N–H and O–H groups in total. The van der Waals surface area contributed by atoms with E-state index in [2.05, 4.69) is 5.06 Å². The van der Waals surface area contributed by atoms with E-state index in [-0.39, 0.29) is 11.5 Å². The summed E-state index contributed by atoms with van der Waals surface area (Å²) in [5.74, 6) is 1.30. The number of carbonyl (C=O) groups is 1. The van der Waals surface area contributed by atoms with Crippen molar-refractivity contribution in [2.75, 3.05) is 13.2 Å². The van der Waals surface area contributed by atoms with Crippen LogP contribution in [-0.4, -0.2) is 29.7 Å². The minimum atomic E-state index is -0.132. The highest BCUT2D eigenvalue weighted by atomic mass is 16.7. The molecular weight excluding hydrogens is 302 g/mol. The predicted octanol–water partition coefficient (Wildman–Crippen LogP) is 3.71. The molecule has 0 unspecified atom stereocenters. The number of hydrogen-bond donors (Lipinski definition) is 0. The van der Waals surface area contributed by atoms with Crippen LogP contribution in [0.4, 0.5) is 0 Å². The van der Waals surface area contributed by atoms with Gasteiger partial charge in [0.2, 0.25) is 0 Å². The lowest BCUT2D eigenvalue weighted by atomic mass is 9.71. The molecule has 2 aliphatic carbocycles. The molecule has 1 aromatic carbocycles. The van der Waals surface area contributed by atoms with Crippen molar-refractivity contribution in [3.63, 3.8) is 0 Å². The third-order valence-corrected chi connectivity index (χ3v) is 6.31. The molecule has 0 aromatic heterocycles. The number of ether oxygens (including phenoxy) is 1. The van der Waals surface area contributed by atoms with E-state index >= 15 is 0 Å². The Bertz CT molecular complexity index is 574. The lowest BCUT2D eigenvalue weighted by Crippen LogP contribution is -2.52. The normalized spacial score (nSPS) is 32.3. The molecule has 3 fully saturated rings. The van der Waals surface area contributed by atoms with Crippen LogP contribution >= 0.6 is 0 Å². The number of rotatable bonds is 5. The topological polar surface area (TPSA) is 38.8 Å². The van der Waals surface area contributed by atoms with Gasteiger partial charge in [-0.3, -0.25) is 9.63 Å². The standard InChI is InChI=1S/C20H27NO3/c22-19(23-14-16-6-2-1-3-7-16)11-13-21-20-12-5-4-8-17(20)9-10-18(20)15-24-21/h1-3,6-7,17-18H,4-5,8-15H2/t17-,18-,20-/m0/s1. The molecule has 4 rings (SSSR count). The first-order chi connectivity index (χ1) is 11.8. The number of hydrogen-bond acceptors (Lipinski definition) is 4.